The normalized spacial score (nSPS) is 21.4. The first kappa shape index (κ1) is 29.5. The number of Topliss-reactive ketones (excluding diaryl/α,β-unsaturated/α-hetero) is 1. The molecule has 0 radical (unpaired) electrons. The number of fused-ring (bicyclic) bond motifs is 2. The summed E-state index contributed by atoms with van der Waals surface area (Å²) in [5, 5.41) is 4.52. The number of pyridine rings is 1. The van der Waals surface area contributed by atoms with Gasteiger partial charge in [0, 0.05) is 23.8 Å². The molecule has 0 unspecified atom stereocenters. The molecule has 3 aliphatic carbocycles. The summed E-state index contributed by atoms with van der Waals surface area (Å²) in [6.07, 6.45) is 4.24. The molecule has 2 aromatic heterocycles. The van der Waals surface area contributed by atoms with E-state index in [1.165, 1.54) is 34.8 Å². The Kier molecular flexibility index (Phi) is 7.24. The summed E-state index contributed by atoms with van der Waals surface area (Å²) >= 11 is 0. The maximum Gasteiger partial charge on any atom is 0.263 e. The van der Waals surface area contributed by atoms with Gasteiger partial charge in [-0.25, -0.2) is 30.7 Å². The van der Waals surface area contributed by atoms with E-state index >= 15 is 0 Å². The summed E-state index contributed by atoms with van der Waals surface area (Å²) in [7, 11) is -4.05. The van der Waals surface area contributed by atoms with E-state index in [0.29, 0.717) is 42.6 Å². The smallest absolute Gasteiger partial charge is 0.263 e. The van der Waals surface area contributed by atoms with E-state index in [1.54, 1.807) is 23.0 Å². The van der Waals surface area contributed by atoms with E-state index in [4.69, 9.17) is 0 Å². The molecule has 232 valence electrons. The van der Waals surface area contributed by atoms with E-state index in [0.717, 1.165) is 29.8 Å². The first-order valence-electron chi connectivity index (χ1n) is 14.7. The van der Waals surface area contributed by atoms with Crippen LogP contribution in [0.2, 0.25) is 0 Å². The van der Waals surface area contributed by atoms with Crippen molar-refractivity contribution >= 4 is 21.9 Å². The summed E-state index contributed by atoms with van der Waals surface area (Å²) in [5.41, 5.74) is 1.06. The van der Waals surface area contributed by atoms with Crippen LogP contribution in [0.5, 0.6) is 0 Å². The Morgan fingerprint density at radius 3 is 2.31 bits per heavy atom. The van der Waals surface area contributed by atoms with Gasteiger partial charge >= 0.3 is 0 Å². The minimum Gasteiger partial charge on any atom is -0.291 e. The maximum atomic E-state index is 14.5. The van der Waals surface area contributed by atoms with Gasteiger partial charge in [-0.15, -0.1) is 0 Å². The molecule has 2 heterocycles. The maximum absolute atomic E-state index is 14.5. The van der Waals surface area contributed by atoms with E-state index in [9.17, 15) is 30.8 Å². The lowest BCUT2D eigenvalue weighted by Crippen LogP contribution is -2.51. The van der Waals surface area contributed by atoms with Gasteiger partial charge in [-0.3, -0.25) is 9.78 Å². The Hall–Kier alpha value is -4.16. The van der Waals surface area contributed by atoms with Crippen LogP contribution in [0.1, 0.15) is 65.8 Å². The first-order valence-corrected chi connectivity index (χ1v) is 16.1. The number of rotatable bonds is 8. The lowest BCUT2D eigenvalue weighted by molar-refractivity contribution is 0.0733. The lowest BCUT2D eigenvalue weighted by Gasteiger charge is -2.46. The van der Waals surface area contributed by atoms with Crippen molar-refractivity contribution in [2.24, 2.45) is 5.41 Å². The fraction of sp³-hybridized carbons (Fsp3) is 0.303. The molecule has 0 N–H and O–H groups in total. The number of hydrogen-bond acceptors (Lipinski definition) is 5. The number of ketones is 1. The van der Waals surface area contributed by atoms with Crippen molar-refractivity contribution in [1.29, 1.82) is 0 Å². The van der Waals surface area contributed by atoms with Crippen LogP contribution in [0.3, 0.4) is 0 Å². The summed E-state index contributed by atoms with van der Waals surface area (Å²) in [6.45, 7) is 0. The number of alkyl halides is 2. The molecule has 45 heavy (non-hydrogen) atoms. The monoisotopic (exact) mass is 636 g/mol. The Bertz CT molecular complexity index is 1920. The number of halogens is 4. The van der Waals surface area contributed by atoms with Crippen LogP contribution in [0, 0.1) is 17.0 Å². The molecule has 0 saturated heterocycles. The number of nitrogens with zero attached hydrogens (tertiary/aromatic N) is 4. The van der Waals surface area contributed by atoms with Crippen LogP contribution in [0.4, 0.5) is 17.6 Å². The van der Waals surface area contributed by atoms with Crippen LogP contribution < -0.4 is 0 Å². The van der Waals surface area contributed by atoms with Gasteiger partial charge in [0.1, 0.15) is 17.3 Å². The molecule has 0 spiro atoms. The summed E-state index contributed by atoms with van der Waals surface area (Å²) in [6, 6.07) is 12.0. The molecule has 12 heteroatoms. The Morgan fingerprint density at radius 1 is 0.956 bits per heavy atom. The third-order valence-corrected chi connectivity index (χ3v) is 11.1. The summed E-state index contributed by atoms with van der Waals surface area (Å²) < 4.78 is 85.8. The zero-order valence-corrected chi connectivity index (χ0v) is 24.7. The highest BCUT2D eigenvalue weighted by atomic mass is 32.2. The molecule has 2 fully saturated rings. The van der Waals surface area contributed by atoms with Crippen molar-refractivity contribution in [3.8, 4) is 5.69 Å². The van der Waals surface area contributed by atoms with Crippen LogP contribution >= 0.6 is 0 Å². The molecule has 0 aliphatic heterocycles. The summed E-state index contributed by atoms with van der Waals surface area (Å²) in [5.74, 6) is -1.41. The Labute approximate surface area is 257 Å². The number of allylic oxidation sites excluding steroid dienone is 1. The van der Waals surface area contributed by atoms with Crippen molar-refractivity contribution in [2.75, 3.05) is 0 Å². The number of hydrogen-bond donors (Lipinski definition) is 0. The van der Waals surface area contributed by atoms with E-state index < -0.39 is 45.3 Å². The minimum atomic E-state index is -4.05. The largest absolute Gasteiger partial charge is 0.291 e. The predicted octanol–water partition coefficient (Wildman–Crippen LogP) is 6.70. The third kappa shape index (κ3) is 5.19. The second-order valence-corrected chi connectivity index (χ2v) is 13.7. The number of sulfonamides is 1. The van der Waals surface area contributed by atoms with Crippen LogP contribution in [0.25, 0.3) is 11.8 Å². The minimum absolute atomic E-state index is 0.0321. The van der Waals surface area contributed by atoms with Crippen LogP contribution in [-0.4, -0.2) is 45.4 Å². The van der Waals surface area contributed by atoms with Crippen molar-refractivity contribution in [3.63, 3.8) is 0 Å². The molecule has 0 bridgehead atoms. The highest BCUT2D eigenvalue weighted by molar-refractivity contribution is 7.89. The quantitative estimate of drug-likeness (QED) is 0.159. The second-order valence-electron chi connectivity index (χ2n) is 11.9. The average Bonchev–Trinajstić information content (AvgIpc) is 3.78. The highest BCUT2D eigenvalue weighted by Gasteiger charge is 2.53. The van der Waals surface area contributed by atoms with Gasteiger partial charge in [-0.1, -0.05) is 5.57 Å². The zero-order chi connectivity index (χ0) is 31.5. The molecule has 2 atom stereocenters. The molecular weight excluding hydrogens is 608 g/mol. The van der Waals surface area contributed by atoms with Gasteiger partial charge in [-0.05, 0) is 111 Å². The van der Waals surface area contributed by atoms with Crippen molar-refractivity contribution < 1.29 is 30.8 Å². The molecule has 3 aliphatic rings. The molecule has 2 saturated carbocycles. The zero-order valence-electron chi connectivity index (χ0n) is 23.9. The molecular formula is C33H28F4N4O3S. The van der Waals surface area contributed by atoms with E-state index in [-0.39, 0.29) is 35.0 Å². The molecule has 2 aromatic carbocycles. The fourth-order valence-electron chi connectivity index (χ4n) is 6.79. The second kappa shape index (κ2) is 11.0. The van der Waals surface area contributed by atoms with Gasteiger partial charge in [0.05, 0.1) is 27.9 Å². The van der Waals surface area contributed by atoms with E-state index in [2.05, 4.69) is 10.1 Å². The van der Waals surface area contributed by atoms with Crippen LogP contribution in [-0.2, 0) is 16.4 Å². The van der Waals surface area contributed by atoms with Crippen molar-refractivity contribution in [3.05, 3.63) is 113 Å². The van der Waals surface area contributed by atoms with Crippen LogP contribution in [0.15, 0.2) is 83.5 Å². The molecule has 7 nitrogen and oxygen atoms in total. The molecule has 4 aromatic rings. The Balaban J connectivity index is 1.32. The molecule has 7 rings (SSSR count). The third-order valence-electron chi connectivity index (χ3n) is 9.07. The number of aromatic nitrogens is 3. The fourth-order valence-corrected chi connectivity index (χ4v) is 8.69. The van der Waals surface area contributed by atoms with Gasteiger partial charge < -0.3 is 0 Å². The number of carbonyl (C=O) groups excluding carboxylic acids is 1. The Morgan fingerprint density at radius 2 is 1.64 bits per heavy atom. The predicted molar refractivity (Wildman–Crippen MR) is 157 cm³/mol. The molecule has 0 amide bonds. The van der Waals surface area contributed by atoms with Crippen molar-refractivity contribution in [2.45, 2.75) is 61.9 Å². The number of benzene rings is 2. The van der Waals surface area contributed by atoms with Crippen molar-refractivity contribution in [1.82, 2.24) is 19.1 Å². The first-order chi connectivity index (χ1) is 21.6. The van der Waals surface area contributed by atoms with Gasteiger partial charge in [-0.2, -0.15) is 9.40 Å². The number of carbonyl (C=O) groups is 1. The van der Waals surface area contributed by atoms with Gasteiger partial charge in [0.2, 0.25) is 10.0 Å². The lowest BCUT2D eigenvalue weighted by atomic mass is 9.60. The highest BCUT2D eigenvalue weighted by Crippen LogP contribution is 2.52. The van der Waals surface area contributed by atoms with Gasteiger partial charge in [0.15, 0.2) is 5.78 Å². The standard InChI is InChI=1S/C33H28F4N4O3S/c34-23-2-7-25(8-3-23)40-30-16-22-1-6-27(41(26-9-10-26)45(43,44)28-11-4-24(35)5-12-28)18-33(22,17-21(30)19-39-40)31(42)29-15-20(32(36)37)13-14-38-29/h2-5,7-8,11-16,19,26-27,32H,1,6,9-10,17-18H2/t27-,33-/m0/s1. The summed E-state index contributed by atoms with van der Waals surface area (Å²) in [4.78, 5) is 18.7. The average molecular weight is 637 g/mol. The van der Waals surface area contributed by atoms with E-state index in [1.807, 2.05) is 6.08 Å². The SMILES string of the molecule is O=C(c1cc(C(F)F)ccn1)[C@]12Cc3cnn(-c4ccc(F)cc4)c3C=C1CC[C@H](N(C1CC1)S(=O)(=O)c1ccc(F)cc1)C2. The topological polar surface area (TPSA) is 85.2 Å². The van der Waals surface area contributed by atoms with Gasteiger partial charge in [0.25, 0.3) is 6.43 Å².